The van der Waals surface area contributed by atoms with E-state index in [2.05, 4.69) is 18.7 Å². The Kier molecular flexibility index (Phi) is 6.51. The fraction of sp³-hybridized carbons (Fsp3) is 0.444. The molecular weight excluding hydrogens is 264 g/mol. The molecule has 2 rings (SSSR count). The lowest BCUT2D eigenvalue weighted by atomic mass is 10.0. The van der Waals surface area contributed by atoms with Crippen LogP contribution in [0, 0.1) is 5.92 Å². The molecular formula is C18H24O3. The molecule has 3 nitrogen and oxygen atoms in total. The second kappa shape index (κ2) is 8.65. The fourth-order valence-corrected chi connectivity index (χ4v) is 2.45. The molecule has 0 N–H and O–H groups in total. The first-order chi connectivity index (χ1) is 10.3. The van der Waals surface area contributed by atoms with Gasteiger partial charge in [0.1, 0.15) is 0 Å². The monoisotopic (exact) mass is 288 g/mol. The molecule has 0 unspecified atom stereocenters. The smallest absolute Gasteiger partial charge is 0.0847 e. The number of rotatable bonds is 8. The van der Waals surface area contributed by atoms with Crippen LogP contribution in [0.1, 0.15) is 18.9 Å². The van der Waals surface area contributed by atoms with Crippen molar-refractivity contribution in [2.24, 2.45) is 5.92 Å². The van der Waals surface area contributed by atoms with Gasteiger partial charge in [-0.25, -0.2) is 0 Å². The van der Waals surface area contributed by atoms with Crippen LogP contribution in [0.3, 0.4) is 0 Å². The SMILES string of the molecule is C=C[C@H]1C[C@@H](COCc2ccccc2)[C@@H](/C=C\OCC)O1. The third kappa shape index (κ3) is 5.03. The van der Waals surface area contributed by atoms with Crippen molar-refractivity contribution in [3.8, 4) is 0 Å². The van der Waals surface area contributed by atoms with Gasteiger partial charge >= 0.3 is 0 Å². The van der Waals surface area contributed by atoms with Crippen molar-refractivity contribution in [1.82, 2.24) is 0 Å². The Morgan fingerprint density at radius 3 is 2.86 bits per heavy atom. The first-order valence-electron chi connectivity index (χ1n) is 7.51. The average molecular weight is 288 g/mol. The quantitative estimate of drug-likeness (QED) is 0.539. The van der Waals surface area contributed by atoms with Crippen LogP contribution in [0.15, 0.2) is 55.3 Å². The molecule has 0 radical (unpaired) electrons. The number of benzene rings is 1. The Hall–Kier alpha value is -1.58. The van der Waals surface area contributed by atoms with Crippen molar-refractivity contribution in [2.75, 3.05) is 13.2 Å². The van der Waals surface area contributed by atoms with Crippen molar-refractivity contribution in [3.05, 3.63) is 60.9 Å². The molecule has 21 heavy (non-hydrogen) atoms. The predicted molar refractivity (Wildman–Crippen MR) is 83.8 cm³/mol. The molecule has 1 aromatic carbocycles. The Bertz CT molecular complexity index is 441. The molecule has 0 bridgehead atoms. The molecule has 1 aliphatic rings. The molecule has 1 saturated heterocycles. The van der Waals surface area contributed by atoms with Crippen molar-refractivity contribution in [1.29, 1.82) is 0 Å². The van der Waals surface area contributed by atoms with Crippen LogP contribution in [-0.2, 0) is 20.8 Å². The van der Waals surface area contributed by atoms with Gasteiger partial charge in [-0.2, -0.15) is 0 Å². The Morgan fingerprint density at radius 1 is 1.33 bits per heavy atom. The lowest BCUT2D eigenvalue weighted by molar-refractivity contribution is 0.0463. The van der Waals surface area contributed by atoms with Crippen LogP contribution in [-0.4, -0.2) is 25.4 Å². The van der Waals surface area contributed by atoms with Crippen molar-refractivity contribution in [3.63, 3.8) is 0 Å². The molecule has 1 heterocycles. The van der Waals surface area contributed by atoms with Gasteiger partial charge in [-0.3, -0.25) is 0 Å². The summed E-state index contributed by atoms with van der Waals surface area (Å²) < 4.78 is 17.0. The zero-order valence-corrected chi connectivity index (χ0v) is 12.6. The van der Waals surface area contributed by atoms with Crippen LogP contribution >= 0.6 is 0 Å². The van der Waals surface area contributed by atoms with Gasteiger partial charge in [-0.05, 0) is 25.0 Å². The highest BCUT2D eigenvalue weighted by molar-refractivity contribution is 5.13. The summed E-state index contributed by atoms with van der Waals surface area (Å²) in [7, 11) is 0. The van der Waals surface area contributed by atoms with Crippen LogP contribution in [0.5, 0.6) is 0 Å². The summed E-state index contributed by atoms with van der Waals surface area (Å²) in [5, 5.41) is 0. The molecule has 0 aliphatic carbocycles. The van der Waals surface area contributed by atoms with Crippen molar-refractivity contribution >= 4 is 0 Å². The van der Waals surface area contributed by atoms with E-state index < -0.39 is 0 Å². The minimum atomic E-state index is 0.0373. The largest absolute Gasteiger partial charge is 0.502 e. The minimum absolute atomic E-state index is 0.0373. The van der Waals surface area contributed by atoms with Gasteiger partial charge in [-0.15, -0.1) is 6.58 Å². The van der Waals surface area contributed by atoms with Crippen LogP contribution in [0.2, 0.25) is 0 Å². The van der Waals surface area contributed by atoms with Gasteiger partial charge in [0, 0.05) is 5.92 Å². The molecule has 3 atom stereocenters. The van der Waals surface area contributed by atoms with Crippen molar-refractivity contribution < 1.29 is 14.2 Å². The molecule has 114 valence electrons. The predicted octanol–water partition coefficient (Wildman–Crippen LogP) is 3.71. The second-order valence-electron chi connectivity index (χ2n) is 5.16. The van der Waals surface area contributed by atoms with Gasteiger partial charge in [0.25, 0.3) is 0 Å². The molecule has 0 amide bonds. The molecule has 1 aromatic rings. The van der Waals surface area contributed by atoms with Crippen molar-refractivity contribution in [2.45, 2.75) is 32.2 Å². The van der Waals surface area contributed by atoms with E-state index in [9.17, 15) is 0 Å². The van der Waals surface area contributed by atoms with Gasteiger partial charge in [0.15, 0.2) is 0 Å². The average Bonchev–Trinajstić information content (AvgIpc) is 2.91. The summed E-state index contributed by atoms with van der Waals surface area (Å²) in [6, 6.07) is 10.2. The first kappa shape index (κ1) is 15.8. The van der Waals surface area contributed by atoms with E-state index >= 15 is 0 Å². The molecule has 3 heteroatoms. The van der Waals surface area contributed by atoms with E-state index in [1.54, 1.807) is 6.26 Å². The maximum atomic E-state index is 5.91. The highest BCUT2D eigenvalue weighted by atomic mass is 16.5. The molecule has 0 spiro atoms. The topological polar surface area (TPSA) is 27.7 Å². The summed E-state index contributed by atoms with van der Waals surface area (Å²) in [5.74, 6) is 0.341. The number of hydrogen-bond donors (Lipinski definition) is 0. The zero-order chi connectivity index (χ0) is 14.9. The second-order valence-corrected chi connectivity index (χ2v) is 5.16. The maximum absolute atomic E-state index is 5.91. The molecule has 0 saturated carbocycles. The zero-order valence-electron chi connectivity index (χ0n) is 12.6. The van der Waals surface area contributed by atoms with E-state index in [0.29, 0.717) is 25.7 Å². The van der Waals surface area contributed by atoms with Gasteiger partial charge in [-0.1, -0.05) is 36.4 Å². The van der Waals surface area contributed by atoms with Gasteiger partial charge < -0.3 is 14.2 Å². The Morgan fingerprint density at radius 2 is 2.14 bits per heavy atom. The number of hydrogen-bond acceptors (Lipinski definition) is 3. The van der Waals surface area contributed by atoms with E-state index in [1.807, 2.05) is 37.3 Å². The van der Waals surface area contributed by atoms with E-state index in [1.165, 1.54) is 5.56 Å². The highest BCUT2D eigenvalue weighted by Crippen LogP contribution is 2.28. The minimum Gasteiger partial charge on any atom is -0.502 e. The Labute approximate surface area is 127 Å². The summed E-state index contributed by atoms with van der Waals surface area (Å²) in [6.07, 6.45) is 6.64. The summed E-state index contributed by atoms with van der Waals surface area (Å²) in [4.78, 5) is 0. The summed E-state index contributed by atoms with van der Waals surface area (Å²) in [6.45, 7) is 7.77. The summed E-state index contributed by atoms with van der Waals surface area (Å²) in [5.41, 5.74) is 1.19. The lowest BCUT2D eigenvalue weighted by Crippen LogP contribution is -2.18. The number of ether oxygens (including phenoxy) is 3. The molecule has 0 aromatic heterocycles. The first-order valence-corrected chi connectivity index (χ1v) is 7.51. The van der Waals surface area contributed by atoms with Crippen LogP contribution < -0.4 is 0 Å². The lowest BCUT2D eigenvalue weighted by Gasteiger charge is -2.15. The fourth-order valence-electron chi connectivity index (χ4n) is 2.45. The highest BCUT2D eigenvalue weighted by Gasteiger charge is 2.32. The van der Waals surface area contributed by atoms with Crippen LogP contribution in [0.25, 0.3) is 0 Å². The standard InChI is InChI=1S/C18H24O3/c1-3-17-12-16(18(21-17)10-11-19-4-2)14-20-13-15-8-6-5-7-9-15/h3,5-11,16-18H,1,4,12-14H2,2H3/b11-10-/t16-,17-,18+/m0/s1. The van der Waals surface area contributed by atoms with E-state index in [0.717, 1.165) is 6.42 Å². The van der Waals surface area contributed by atoms with Gasteiger partial charge in [0.2, 0.25) is 0 Å². The Balaban J connectivity index is 1.82. The van der Waals surface area contributed by atoms with E-state index in [4.69, 9.17) is 14.2 Å². The van der Waals surface area contributed by atoms with Gasteiger partial charge in [0.05, 0.1) is 38.3 Å². The maximum Gasteiger partial charge on any atom is 0.0847 e. The molecule has 1 aliphatic heterocycles. The van der Waals surface area contributed by atoms with E-state index in [-0.39, 0.29) is 12.2 Å². The molecule has 1 fully saturated rings. The summed E-state index contributed by atoms with van der Waals surface area (Å²) >= 11 is 0. The third-order valence-electron chi connectivity index (χ3n) is 3.57. The van der Waals surface area contributed by atoms with Crippen LogP contribution in [0.4, 0.5) is 0 Å². The third-order valence-corrected chi connectivity index (χ3v) is 3.57. The normalized spacial score (nSPS) is 25.3.